The van der Waals surface area contributed by atoms with Crippen LogP contribution in [0.25, 0.3) is 0 Å². The lowest BCUT2D eigenvalue weighted by molar-refractivity contribution is -0.146. The van der Waals surface area contributed by atoms with Crippen molar-refractivity contribution in [2.24, 2.45) is 0 Å². The number of hydrogen-bond acceptors (Lipinski definition) is 4. The quantitative estimate of drug-likeness (QED) is 0.733. The van der Waals surface area contributed by atoms with Crippen molar-refractivity contribution in [3.8, 4) is 11.5 Å². The minimum absolute atomic E-state index is 0.244. The van der Waals surface area contributed by atoms with Gasteiger partial charge in [-0.15, -0.1) is 0 Å². The van der Waals surface area contributed by atoms with Crippen LogP contribution >= 0.6 is 0 Å². The largest absolute Gasteiger partial charge is 0.486 e. The average molecular weight is 348 g/mol. The summed E-state index contributed by atoms with van der Waals surface area (Å²) in [7, 11) is 0. The lowest BCUT2D eigenvalue weighted by atomic mass is 10.2. The number of nitrogens with zero attached hydrogens (tertiary/aromatic N) is 1. The molecule has 1 unspecified atom stereocenters. The smallest absolute Gasteiger partial charge is 0.311 e. The highest BCUT2D eigenvalue weighted by Crippen LogP contribution is 2.30. The third kappa shape index (κ3) is 5.66. The molecule has 0 bridgehead atoms. The zero-order chi connectivity index (χ0) is 18.1. The first-order chi connectivity index (χ1) is 12.2. The Morgan fingerprint density at radius 1 is 1.12 bits per heavy atom. The van der Waals surface area contributed by atoms with Crippen molar-refractivity contribution in [3.05, 3.63) is 24.3 Å². The number of nitrogens with one attached hydrogen (secondary N) is 1. The van der Waals surface area contributed by atoms with Crippen LogP contribution < -0.4 is 14.8 Å². The highest BCUT2D eigenvalue weighted by molar-refractivity contribution is 6.35. The second kappa shape index (κ2) is 9.91. The number of hydrogen-bond donors (Lipinski definition) is 1. The summed E-state index contributed by atoms with van der Waals surface area (Å²) in [6, 6.07) is 7.41. The fraction of sp³-hybridized carbons (Fsp3) is 0.579. The van der Waals surface area contributed by atoms with Crippen molar-refractivity contribution >= 4 is 11.8 Å². The van der Waals surface area contributed by atoms with Crippen LogP contribution in [-0.2, 0) is 9.59 Å². The fourth-order valence-corrected chi connectivity index (χ4v) is 2.60. The van der Waals surface area contributed by atoms with Gasteiger partial charge in [-0.1, -0.05) is 38.8 Å². The number of ether oxygens (including phenoxy) is 2. The first kappa shape index (κ1) is 19.1. The standard InChI is InChI=1S/C19H28N2O4/c1-3-5-11-21(12-6-4-2)19(23)18(22)20-13-15-14-24-16-9-7-8-10-17(16)25-15/h7-10,15H,3-6,11-14H2,1-2H3,(H,20,22). The lowest BCUT2D eigenvalue weighted by Gasteiger charge is -2.27. The Balaban J connectivity index is 1.83. The SMILES string of the molecule is CCCCN(CCCC)C(=O)C(=O)NCC1COc2ccccc2O1. The van der Waals surface area contributed by atoms with E-state index in [2.05, 4.69) is 19.2 Å². The summed E-state index contributed by atoms with van der Waals surface area (Å²) >= 11 is 0. The van der Waals surface area contributed by atoms with Crippen LogP contribution in [0.2, 0.25) is 0 Å². The molecule has 1 atom stereocenters. The third-order valence-electron chi connectivity index (χ3n) is 4.10. The van der Waals surface area contributed by atoms with E-state index >= 15 is 0 Å². The topological polar surface area (TPSA) is 67.9 Å². The van der Waals surface area contributed by atoms with Gasteiger partial charge in [-0.25, -0.2) is 0 Å². The summed E-state index contributed by atoms with van der Waals surface area (Å²) in [6.45, 7) is 5.98. The highest BCUT2D eigenvalue weighted by Gasteiger charge is 2.25. The molecule has 2 rings (SSSR count). The van der Waals surface area contributed by atoms with E-state index in [9.17, 15) is 9.59 Å². The van der Waals surface area contributed by atoms with Gasteiger partial charge >= 0.3 is 11.8 Å². The number of fused-ring (bicyclic) bond motifs is 1. The van der Waals surface area contributed by atoms with Crippen LogP contribution in [0.4, 0.5) is 0 Å². The van der Waals surface area contributed by atoms with Crippen LogP contribution in [0, 0.1) is 0 Å². The van der Waals surface area contributed by atoms with Gasteiger partial charge in [-0.2, -0.15) is 0 Å². The Hall–Kier alpha value is -2.24. The van der Waals surface area contributed by atoms with E-state index in [-0.39, 0.29) is 12.6 Å². The Labute approximate surface area is 149 Å². The number of rotatable bonds is 8. The van der Waals surface area contributed by atoms with Crippen LogP contribution in [0.15, 0.2) is 24.3 Å². The zero-order valence-corrected chi connectivity index (χ0v) is 15.1. The molecule has 25 heavy (non-hydrogen) atoms. The second-order valence-electron chi connectivity index (χ2n) is 6.21. The predicted molar refractivity (Wildman–Crippen MR) is 95.8 cm³/mol. The highest BCUT2D eigenvalue weighted by atomic mass is 16.6. The molecule has 0 aliphatic carbocycles. The molecule has 1 aliphatic heterocycles. The molecule has 0 saturated heterocycles. The molecule has 1 aromatic rings. The Bertz CT molecular complexity index is 568. The molecule has 1 N–H and O–H groups in total. The van der Waals surface area contributed by atoms with Crippen molar-refractivity contribution < 1.29 is 19.1 Å². The predicted octanol–water partition coefficient (Wildman–Crippen LogP) is 2.37. The van der Waals surface area contributed by atoms with E-state index in [4.69, 9.17) is 9.47 Å². The number of benzene rings is 1. The van der Waals surface area contributed by atoms with Crippen molar-refractivity contribution in [1.29, 1.82) is 0 Å². The number of para-hydroxylation sites is 2. The molecule has 6 heteroatoms. The maximum absolute atomic E-state index is 12.4. The van der Waals surface area contributed by atoms with Crippen LogP contribution in [0.3, 0.4) is 0 Å². The van der Waals surface area contributed by atoms with Gasteiger partial charge < -0.3 is 19.7 Å². The molecule has 1 aromatic carbocycles. The maximum Gasteiger partial charge on any atom is 0.311 e. The number of amides is 2. The normalized spacial score (nSPS) is 15.5. The Kier molecular flexibility index (Phi) is 7.57. The molecule has 0 spiro atoms. The summed E-state index contributed by atoms with van der Waals surface area (Å²) in [5.74, 6) is 0.326. The number of carbonyl (C=O) groups excluding carboxylic acids is 2. The van der Waals surface area contributed by atoms with E-state index in [1.54, 1.807) is 4.90 Å². The molecule has 0 radical (unpaired) electrons. The number of carbonyl (C=O) groups is 2. The van der Waals surface area contributed by atoms with Crippen molar-refractivity contribution in [2.75, 3.05) is 26.2 Å². The fourth-order valence-electron chi connectivity index (χ4n) is 2.60. The molecule has 0 fully saturated rings. The average Bonchev–Trinajstić information content (AvgIpc) is 2.65. The lowest BCUT2D eigenvalue weighted by Crippen LogP contribution is -2.47. The Morgan fingerprint density at radius 3 is 2.40 bits per heavy atom. The van der Waals surface area contributed by atoms with Gasteiger partial charge in [-0.05, 0) is 25.0 Å². The molecular formula is C19H28N2O4. The summed E-state index contributed by atoms with van der Waals surface area (Å²) in [5, 5.41) is 2.68. The summed E-state index contributed by atoms with van der Waals surface area (Å²) in [6.07, 6.45) is 3.48. The van der Waals surface area contributed by atoms with Gasteiger partial charge in [0.05, 0.1) is 6.54 Å². The Morgan fingerprint density at radius 2 is 1.76 bits per heavy atom. The van der Waals surface area contributed by atoms with Gasteiger partial charge in [0, 0.05) is 13.1 Å². The van der Waals surface area contributed by atoms with Crippen molar-refractivity contribution in [3.63, 3.8) is 0 Å². The van der Waals surface area contributed by atoms with Gasteiger partial charge in [0.25, 0.3) is 0 Å². The van der Waals surface area contributed by atoms with E-state index in [1.165, 1.54) is 0 Å². The monoisotopic (exact) mass is 348 g/mol. The van der Waals surface area contributed by atoms with Crippen molar-refractivity contribution in [1.82, 2.24) is 10.2 Å². The molecule has 1 aliphatic rings. The summed E-state index contributed by atoms with van der Waals surface area (Å²) in [5.41, 5.74) is 0. The van der Waals surface area contributed by atoms with E-state index in [0.29, 0.717) is 31.2 Å². The second-order valence-corrected chi connectivity index (χ2v) is 6.21. The van der Waals surface area contributed by atoms with Crippen molar-refractivity contribution in [2.45, 2.75) is 45.6 Å². The minimum atomic E-state index is -0.574. The molecule has 138 valence electrons. The summed E-state index contributed by atoms with van der Waals surface area (Å²) < 4.78 is 11.4. The number of unbranched alkanes of at least 4 members (excludes halogenated alkanes) is 2. The first-order valence-corrected chi connectivity index (χ1v) is 9.11. The van der Waals surface area contributed by atoms with Gasteiger partial charge in [0.2, 0.25) is 0 Å². The first-order valence-electron chi connectivity index (χ1n) is 9.11. The molecular weight excluding hydrogens is 320 g/mol. The van der Waals surface area contributed by atoms with Gasteiger partial charge in [0.15, 0.2) is 11.5 Å². The zero-order valence-electron chi connectivity index (χ0n) is 15.1. The molecule has 0 aromatic heterocycles. The van der Waals surface area contributed by atoms with Crippen LogP contribution in [0.5, 0.6) is 11.5 Å². The van der Waals surface area contributed by atoms with Crippen LogP contribution in [-0.4, -0.2) is 49.1 Å². The molecule has 0 saturated carbocycles. The van der Waals surface area contributed by atoms with Gasteiger partial charge in [0.1, 0.15) is 12.7 Å². The minimum Gasteiger partial charge on any atom is -0.486 e. The van der Waals surface area contributed by atoms with Crippen LogP contribution in [0.1, 0.15) is 39.5 Å². The molecule has 2 amide bonds. The van der Waals surface area contributed by atoms with E-state index in [0.717, 1.165) is 25.7 Å². The van der Waals surface area contributed by atoms with E-state index < -0.39 is 11.8 Å². The van der Waals surface area contributed by atoms with E-state index in [1.807, 2.05) is 24.3 Å². The maximum atomic E-state index is 12.4. The molecule has 1 heterocycles. The molecule has 6 nitrogen and oxygen atoms in total. The summed E-state index contributed by atoms with van der Waals surface area (Å²) in [4.78, 5) is 26.2. The van der Waals surface area contributed by atoms with Gasteiger partial charge in [-0.3, -0.25) is 9.59 Å². The third-order valence-corrected chi connectivity index (χ3v) is 4.10.